The number of pyridine rings is 1. The van der Waals surface area contributed by atoms with E-state index in [-0.39, 0.29) is 11.3 Å². The van der Waals surface area contributed by atoms with E-state index in [9.17, 15) is 4.79 Å². The van der Waals surface area contributed by atoms with Crippen LogP contribution in [-0.4, -0.2) is 54.0 Å². The normalized spacial score (nSPS) is 14.2. The van der Waals surface area contributed by atoms with Crippen LogP contribution in [0.3, 0.4) is 0 Å². The molecule has 1 aromatic heterocycles. The molecule has 5 heteroatoms. The molecule has 33 heavy (non-hydrogen) atoms. The number of hydrogen-bond donors (Lipinski definition) is 0. The molecule has 0 saturated carbocycles. The Morgan fingerprint density at radius 2 is 2.03 bits per heavy atom. The van der Waals surface area contributed by atoms with Crippen LogP contribution in [0.15, 0.2) is 36.5 Å². The van der Waals surface area contributed by atoms with E-state index >= 15 is 0 Å². The smallest absolute Gasteiger partial charge is 0.223 e. The summed E-state index contributed by atoms with van der Waals surface area (Å²) in [6.45, 7) is 13.9. The van der Waals surface area contributed by atoms with Gasteiger partial charge in [-0.15, -0.1) is 0 Å². The van der Waals surface area contributed by atoms with Crippen LogP contribution in [0, 0.1) is 12.3 Å². The maximum atomic E-state index is 13.4. The Labute approximate surface area is 200 Å². The van der Waals surface area contributed by atoms with Crippen molar-refractivity contribution in [3.8, 4) is 0 Å². The van der Waals surface area contributed by atoms with Gasteiger partial charge in [-0.1, -0.05) is 45.0 Å². The number of carbonyl (C=O) groups excluding carboxylic acids is 1. The number of methoxy groups -OCH3 is 1. The molecule has 180 valence electrons. The number of aryl methyl sites for hydroxylation is 2. The molecule has 1 aliphatic heterocycles. The van der Waals surface area contributed by atoms with Crippen LogP contribution in [0.25, 0.3) is 0 Å². The zero-order chi connectivity index (χ0) is 23.8. The summed E-state index contributed by atoms with van der Waals surface area (Å²) in [5, 5.41) is 0. The highest BCUT2D eigenvalue weighted by Gasteiger charge is 2.22. The lowest BCUT2D eigenvalue weighted by Crippen LogP contribution is -2.35. The van der Waals surface area contributed by atoms with Crippen molar-refractivity contribution in [2.75, 3.05) is 33.4 Å². The Morgan fingerprint density at radius 1 is 1.21 bits per heavy atom. The molecule has 0 atom stereocenters. The number of fused-ring (bicyclic) bond motifs is 1. The zero-order valence-electron chi connectivity index (χ0n) is 21.2. The zero-order valence-corrected chi connectivity index (χ0v) is 21.2. The molecule has 1 aliphatic rings. The van der Waals surface area contributed by atoms with E-state index in [0.29, 0.717) is 13.0 Å². The van der Waals surface area contributed by atoms with E-state index in [4.69, 9.17) is 4.74 Å². The van der Waals surface area contributed by atoms with E-state index in [2.05, 4.69) is 61.8 Å². The molecule has 0 radical (unpaired) electrons. The third-order valence-corrected chi connectivity index (χ3v) is 6.60. The molecule has 1 aromatic carbocycles. The standard InChI is InChI=1S/C28H41N3O2/c1-22-8-7-15-29-26(22)21-31(17-14-28(2,3)4)27(32)12-11-23-9-6-10-24-20-30(18-19-33-5)16-13-25(23)24/h6-10,15H,11-14,16-21H2,1-5H3. The van der Waals surface area contributed by atoms with Crippen LogP contribution in [-0.2, 0) is 35.5 Å². The summed E-state index contributed by atoms with van der Waals surface area (Å²) in [6.07, 6.45) is 5.18. The van der Waals surface area contributed by atoms with E-state index in [0.717, 1.165) is 63.3 Å². The summed E-state index contributed by atoms with van der Waals surface area (Å²) >= 11 is 0. The first-order valence-electron chi connectivity index (χ1n) is 12.3. The molecule has 0 unspecified atom stereocenters. The first-order valence-corrected chi connectivity index (χ1v) is 12.3. The van der Waals surface area contributed by atoms with Gasteiger partial charge < -0.3 is 9.64 Å². The van der Waals surface area contributed by atoms with Crippen molar-refractivity contribution >= 4 is 5.91 Å². The van der Waals surface area contributed by atoms with Gasteiger partial charge in [-0.05, 0) is 59.9 Å². The van der Waals surface area contributed by atoms with Gasteiger partial charge in [0.15, 0.2) is 0 Å². The Hall–Kier alpha value is -2.24. The SMILES string of the molecule is COCCN1CCc2c(CCC(=O)N(CCC(C)(C)C)Cc3ncccc3C)cccc2C1. The van der Waals surface area contributed by atoms with Crippen molar-refractivity contribution in [2.24, 2.45) is 5.41 Å². The second kappa shape index (κ2) is 11.8. The molecule has 2 aromatic rings. The van der Waals surface area contributed by atoms with E-state index in [1.807, 2.05) is 17.2 Å². The first kappa shape index (κ1) is 25.4. The molecular formula is C28H41N3O2. The average molecular weight is 452 g/mol. The highest BCUT2D eigenvalue weighted by Crippen LogP contribution is 2.25. The van der Waals surface area contributed by atoms with E-state index < -0.39 is 0 Å². The van der Waals surface area contributed by atoms with Gasteiger partial charge in [-0.3, -0.25) is 14.7 Å². The van der Waals surface area contributed by atoms with Crippen molar-refractivity contribution < 1.29 is 9.53 Å². The molecule has 3 rings (SSSR count). The largest absolute Gasteiger partial charge is 0.383 e. The fourth-order valence-corrected chi connectivity index (χ4v) is 4.42. The summed E-state index contributed by atoms with van der Waals surface area (Å²) < 4.78 is 5.25. The minimum atomic E-state index is 0.185. The Balaban J connectivity index is 1.67. The Morgan fingerprint density at radius 3 is 2.76 bits per heavy atom. The summed E-state index contributed by atoms with van der Waals surface area (Å²) in [5.41, 5.74) is 6.49. The molecule has 1 amide bonds. The summed E-state index contributed by atoms with van der Waals surface area (Å²) in [6, 6.07) is 10.6. The average Bonchev–Trinajstić information content (AvgIpc) is 2.79. The summed E-state index contributed by atoms with van der Waals surface area (Å²) in [4.78, 5) is 22.4. The van der Waals surface area contributed by atoms with Crippen LogP contribution in [0.5, 0.6) is 0 Å². The summed E-state index contributed by atoms with van der Waals surface area (Å²) in [5.74, 6) is 0.222. The first-order chi connectivity index (χ1) is 15.8. The van der Waals surface area contributed by atoms with Crippen molar-refractivity contribution in [1.82, 2.24) is 14.8 Å². The van der Waals surface area contributed by atoms with Crippen molar-refractivity contribution in [2.45, 2.75) is 66.5 Å². The van der Waals surface area contributed by atoms with Gasteiger partial charge in [0.25, 0.3) is 0 Å². The fourth-order valence-electron chi connectivity index (χ4n) is 4.42. The van der Waals surface area contributed by atoms with Crippen molar-refractivity contribution in [1.29, 1.82) is 0 Å². The predicted molar refractivity (Wildman–Crippen MR) is 134 cm³/mol. The Bertz CT molecular complexity index is 920. The molecule has 0 aliphatic carbocycles. The van der Waals surface area contributed by atoms with Crippen LogP contribution >= 0.6 is 0 Å². The van der Waals surface area contributed by atoms with Gasteiger partial charge in [0.2, 0.25) is 5.91 Å². The van der Waals surface area contributed by atoms with Gasteiger partial charge in [-0.2, -0.15) is 0 Å². The molecule has 5 nitrogen and oxygen atoms in total. The second-order valence-corrected chi connectivity index (χ2v) is 10.5. The maximum absolute atomic E-state index is 13.4. The number of rotatable bonds is 10. The monoisotopic (exact) mass is 451 g/mol. The van der Waals surface area contributed by atoms with Crippen LogP contribution in [0.1, 0.15) is 61.6 Å². The quantitative estimate of drug-likeness (QED) is 0.521. The maximum Gasteiger partial charge on any atom is 0.223 e. The molecule has 0 N–H and O–H groups in total. The molecule has 2 heterocycles. The van der Waals surface area contributed by atoms with E-state index in [1.54, 1.807) is 7.11 Å². The topological polar surface area (TPSA) is 45.7 Å². The third-order valence-electron chi connectivity index (χ3n) is 6.60. The van der Waals surface area contributed by atoms with Gasteiger partial charge in [0.05, 0.1) is 18.8 Å². The van der Waals surface area contributed by atoms with Gasteiger partial charge >= 0.3 is 0 Å². The van der Waals surface area contributed by atoms with Crippen LogP contribution < -0.4 is 0 Å². The number of carbonyl (C=O) groups is 1. The van der Waals surface area contributed by atoms with Gasteiger partial charge in [-0.25, -0.2) is 0 Å². The Kier molecular flexibility index (Phi) is 9.04. The lowest BCUT2D eigenvalue weighted by atomic mass is 9.91. The number of benzene rings is 1. The van der Waals surface area contributed by atoms with Crippen LogP contribution in [0.2, 0.25) is 0 Å². The second-order valence-electron chi connectivity index (χ2n) is 10.5. The highest BCUT2D eigenvalue weighted by molar-refractivity contribution is 5.76. The number of aromatic nitrogens is 1. The number of nitrogens with zero attached hydrogens (tertiary/aromatic N) is 3. The lowest BCUT2D eigenvalue weighted by molar-refractivity contribution is -0.132. The van der Waals surface area contributed by atoms with Crippen LogP contribution in [0.4, 0.5) is 0 Å². The fraction of sp³-hybridized carbons (Fsp3) is 0.571. The van der Waals surface area contributed by atoms with Crippen molar-refractivity contribution in [3.63, 3.8) is 0 Å². The van der Waals surface area contributed by atoms with Gasteiger partial charge in [0.1, 0.15) is 0 Å². The number of ether oxygens (including phenoxy) is 1. The van der Waals surface area contributed by atoms with E-state index in [1.165, 1.54) is 16.7 Å². The molecule has 0 fully saturated rings. The minimum absolute atomic E-state index is 0.185. The summed E-state index contributed by atoms with van der Waals surface area (Å²) in [7, 11) is 1.76. The minimum Gasteiger partial charge on any atom is -0.383 e. The highest BCUT2D eigenvalue weighted by atomic mass is 16.5. The third kappa shape index (κ3) is 7.65. The number of amides is 1. The molecule has 0 saturated heterocycles. The number of hydrogen-bond acceptors (Lipinski definition) is 4. The molecule has 0 bridgehead atoms. The molecular weight excluding hydrogens is 410 g/mol. The molecule has 0 spiro atoms. The van der Waals surface area contributed by atoms with Crippen molar-refractivity contribution in [3.05, 3.63) is 64.5 Å². The lowest BCUT2D eigenvalue weighted by Gasteiger charge is -2.30. The predicted octanol–water partition coefficient (Wildman–Crippen LogP) is 4.79. The van der Waals surface area contributed by atoms with Gasteiger partial charge in [0, 0.05) is 45.9 Å².